The van der Waals surface area contributed by atoms with Gasteiger partial charge in [0.25, 0.3) is 0 Å². The number of nitrogens with zero attached hydrogens (tertiary/aromatic N) is 3. The van der Waals surface area contributed by atoms with Crippen LogP contribution in [-0.4, -0.2) is 14.8 Å². The average molecular weight is 346 g/mol. The quantitative estimate of drug-likeness (QED) is 0.864. The van der Waals surface area contributed by atoms with Crippen molar-refractivity contribution in [3.05, 3.63) is 32.6 Å². The summed E-state index contributed by atoms with van der Waals surface area (Å²) in [6, 6.07) is 1.81. The summed E-state index contributed by atoms with van der Waals surface area (Å²) in [5.74, 6) is 0.648. The van der Waals surface area contributed by atoms with Crippen LogP contribution in [0.25, 0.3) is 5.82 Å². The molecule has 0 radical (unpaired) electrons. The Bertz CT molecular complexity index is 548. The molecule has 6 heteroatoms. The standard InChI is InChI=1S/C10H10Br2N4/c1-5-9(12)6(2)16(15-5)10-8(13)3-7(11)4-14-10/h3-4H,13H2,1-2H3. The van der Waals surface area contributed by atoms with Crippen LogP contribution in [0.1, 0.15) is 11.4 Å². The van der Waals surface area contributed by atoms with Crippen LogP contribution in [0.5, 0.6) is 0 Å². The van der Waals surface area contributed by atoms with Gasteiger partial charge in [-0.05, 0) is 51.8 Å². The summed E-state index contributed by atoms with van der Waals surface area (Å²) in [5, 5.41) is 4.38. The van der Waals surface area contributed by atoms with Crippen LogP contribution in [0.15, 0.2) is 21.2 Å². The van der Waals surface area contributed by atoms with Gasteiger partial charge in [-0.25, -0.2) is 9.67 Å². The predicted molar refractivity (Wildman–Crippen MR) is 70.6 cm³/mol. The number of hydrogen-bond donors (Lipinski definition) is 1. The van der Waals surface area contributed by atoms with Gasteiger partial charge in [-0.1, -0.05) is 0 Å². The minimum absolute atomic E-state index is 0.590. The normalized spacial score (nSPS) is 10.8. The molecule has 2 aromatic rings. The van der Waals surface area contributed by atoms with Crippen molar-refractivity contribution in [2.24, 2.45) is 0 Å². The van der Waals surface area contributed by atoms with Gasteiger partial charge < -0.3 is 5.73 Å². The molecule has 0 amide bonds. The maximum atomic E-state index is 5.91. The Balaban J connectivity index is 2.63. The first-order valence-electron chi connectivity index (χ1n) is 4.64. The van der Waals surface area contributed by atoms with Gasteiger partial charge in [-0.3, -0.25) is 0 Å². The number of rotatable bonds is 1. The third-order valence-corrected chi connectivity index (χ3v) is 3.85. The number of pyridine rings is 1. The Labute approximate surface area is 110 Å². The van der Waals surface area contributed by atoms with Crippen LogP contribution >= 0.6 is 31.9 Å². The molecule has 0 saturated heterocycles. The van der Waals surface area contributed by atoms with E-state index in [0.29, 0.717) is 11.5 Å². The van der Waals surface area contributed by atoms with Gasteiger partial charge >= 0.3 is 0 Å². The van der Waals surface area contributed by atoms with Crippen molar-refractivity contribution >= 4 is 37.5 Å². The summed E-state index contributed by atoms with van der Waals surface area (Å²) >= 11 is 6.80. The summed E-state index contributed by atoms with van der Waals surface area (Å²) in [7, 11) is 0. The molecule has 0 spiro atoms. The first kappa shape index (κ1) is 11.6. The smallest absolute Gasteiger partial charge is 0.176 e. The highest BCUT2D eigenvalue weighted by Crippen LogP contribution is 2.25. The minimum Gasteiger partial charge on any atom is -0.396 e. The van der Waals surface area contributed by atoms with Crippen molar-refractivity contribution in [1.29, 1.82) is 0 Å². The predicted octanol–water partition coefficient (Wildman–Crippen LogP) is 2.99. The van der Waals surface area contributed by atoms with Gasteiger partial charge in [0.2, 0.25) is 0 Å². The third kappa shape index (κ3) is 1.87. The van der Waals surface area contributed by atoms with E-state index in [1.165, 1.54) is 0 Å². The van der Waals surface area contributed by atoms with Crippen LogP contribution < -0.4 is 5.73 Å². The zero-order valence-electron chi connectivity index (χ0n) is 8.83. The number of halogens is 2. The first-order valence-corrected chi connectivity index (χ1v) is 6.22. The molecule has 0 atom stereocenters. The molecule has 0 aliphatic heterocycles. The monoisotopic (exact) mass is 344 g/mol. The molecule has 0 aliphatic carbocycles. The van der Waals surface area contributed by atoms with Crippen molar-refractivity contribution in [1.82, 2.24) is 14.8 Å². The Morgan fingerprint density at radius 1 is 1.31 bits per heavy atom. The molecule has 16 heavy (non-hydrogen) atoms. The molecule has 2 heterocycles. The van der Waals surface area contributed by atoms with Crippen molar-refractivity contribution in [3.8, 4) is 5.82 Å². The van der Waals surface area contributed by atoms with E-state index in [0.717, 1.165) is 20.3 Å². The van der Waals surface area contributed by atoms with Crippen LogP contribution in [0, 0.1) is 13.8 Å². The Kier molecular flexibility index (Phi) is 3.03. The van der Waals surface area contributed by atoms with Gasteiger partial charge in [-0.15, -0.1) is 0 Å². The van der Waals surface area contributed by atoms with E-state index in [2.05, 4.69) is 41.9 Å². The molecule has 0 aromatic carbocycles. The first-order chi connectivity index (χ1) is 7.50. The van der Waals surface area contributed by atoms with Gasteiger partial charge in [0.05, 0.1) is 21.5 Å². The Morgan fingerprint density at radius 2 is 2.00 bits per heavy atom. The van der Waals surface area contributed by atoms with E-state index in [-0.39, 0.29) is 0 Å². The zero-order valence-corrected chi connectivity index (χ0v) is 12.0. The van der Waals surface area contributed by atoms with Crippen molar-refractivity contribution in [3.63, 3.8) is 0 Å². The lowest BCUT2D eigenvalue weighted by molar-refractivity contribution is 0.808. The van der Waals surface area contributed by atoms with E-state index >= 15 is 0 Å². The lowest BCUT2D eigenvalue weighted by Crippen LogP contribution is -2.05. The second kappa shape index (κ2) is 4.18. The molecule has 0 saturated carbocycles. The second-order valence-electron chi connectivity index (χ2n) is 3.46. The van der Waals surface area contributed by atoms with E-state index in [1.54, 1.807) is 10.9 Å². The largest absolute Gasteiger partial charge is 0.396 e. The molecule has 0 fully saturated rings. The Morgan fingerprint density at radius 3 is 2.50 bits per heavy atom. The lowest BCUT2D eigenvalue weighted by Gasteiger charge is -2.06. The maximum Gasteiger partial charge on any atom is 0.176 e. The average Bonchev–Trinajstić information content (AvgIpc) is 2.46. The third-order valence-electron chi connectivity index (χ3n) is 2.27. The fourth-order valence-corrected chi connectivity index (χ4v) is 2.05. The fraction of sp³-hybridized carbons (Fsp3) is 0.200. The molecular formula is C10H10Br2N4. The van der Waals surface area contributed by atoms with Crippen LogP contribution in [-0.2, 0) is 0 Å². The number of anilines is 1. The summed E-state index contributed by atoms with van der Waals surface area (Å²) in [5.41, 5.74) is 8.41. The molecule has 84 valence electrons. The number of aromatic nitrogens is 3. The highest BCUT2D eigenvalue weighted by atomic mass is 79.9. The van der Waals surface area contributed by atoms with Gasteiger partial charge in [0.1, 0.15) is 0 Å². The van der Waals surface area contributed by atoms with Crippen LogP contribution in [0.4, 0.5) is 5.69 Å². The minimum atomic E-state index is 0.590. The number of hydrogen-bond acceptors (Lipinski definition) is 3. The van der Waals surface area contributed by atoms with Crippen LogP contribution in [0.3, 0.4) is 0 Å². The van der Waals surface area contributed by atoms with Gasteiger partial charge in [-0.2, -0.15) is 5.10 Å². The molecule has 0 bridgehead atoms. The molecule has 2 rings (SSSR count). The molecule has 0 unspecified atom stereocenters. The molecule has 2 N–H and O–H groups in total. The highest BCUT2D eigenvalue weighted by molar-refractivity contribution is 9.10. The number of nitrogens with two attached hydrogens (primary N) is 1. The maximum absolute atomic E-state index is 5.91. The SMILES string of the molecule is Cc1nn(-c2ncc(Br)cc2N)c(C)c1Br. The van der Waals surface area contributed by atoms with Crippen molar-refractivity contribution < 1.29 is 0 Å². The van der Waals surface area contributed by atoms with E-state index < -0.39 is 0 Å². The molecular weight excluding hydrogens is 336 g/mol. The molecule has 0 aliphatic rings. The Hall–Kier alpha value is -0.880. The van der Waals surface area contributed by atoms with Crippen LogP contribution in [0.2, 0.25) is 0 Å². The van der Waals surface area contributed by atoms with E-state index in [1.807, 2.05) is 19.9 Å². The lowest BCUT2D eigenvalue weighted by atomic mass is 10.3. The van der Waals surface area contributed by atoms with E-state index in [4.69, 9.17) is 5.73 Å². The summed E-state index contributed by atoms with van der Waals surface area (Å²) < 4.78 is 3.58. The fourth-order valence-electron chi connectivity index (χ4n) is 1.45. The van der Waals surface area contributed by atoms with Crippen molar-refractivity contribution in [2.75, 3.05) is 5.73 Å². The topological polar surface area (TPSA) is 56.7 Å². The van der Waals surface area contributed by atoms with Crippen molar-refractivity contribution in [2.45, 2.75) is 13.8 Å². The van der Waals surface area contributed by atoms with E-state index in [9.17, 15) is 0 Å². The molecule has 2 aromatic heterocycles. The summed E-state index contributed by atoms with van der Waals surface area (Å²) in [6.07, 6.45) is 1.70. The molecule has 4 nitrogen and oxygen atoms in total. The summed E-state index contributed by atoms with van der Waals surface area (Å²) in [6.45, 7) is 3.90. The zero-order chi connectivity index (χ0) is 11.9. The number of aryl methyl sites for hydroxylation is 1. The highest BCUT2D eigenvalue weighted by Gasteiger charge is 2.13. The van der Waals surface area contributed by atoms with Gasteiger partial charge in [0.15, 0.2) is 5.82 Å². The second-order valence-corrected chi connectivity index (χ2v) is 5.17. The number of nitrogen functional groups attached to an aromatic ring is 1. The van der Waals surface area contributed by atoms with Gasteiger partial charge in [0, 0.05) is 10.7 Å². The summed E-state index contributed by atoms with van der Waals surface area (Å²) in [4.78, 5) is 4.27.